The summed E-state index contributed by atoms with van der Waals surface area (Å²) < 4.78 is 32.7. The van der Waals surface area contributed by atoms with Gasteiger partial charge in [0.2, 0.25) is 10.0 Å². The number of aromatic amines is 1. The fourth-order valence-electron chi connectivity index (χ4n) is 3.30. The van der Waals surface area contributed by atoms with Crippen LogP contribution in [-0.4, -0.2) is 42.0 Å². The summed E-state index contributed by atoms with van der Waals surface area (Å²) in [5.74, 6) is 1.48. The summed E-state index contributed by atoms with van der Waals surface area (Å²) >= 11 is 1.80. The smallest absolute Gasteiger partial charge is 0.294 e. The lowest BCUT2D eigenvalue weighted by Crippen LogP contribution is -2.41. The first kappa shape index (κ1) is 20.5. The van der Waals surface area contributed by atoms with E-state index in [2.05, 4.69) is 33.7 Å². The molecule has 1 heterocycles. The van der Waals surface area contributed by atoms with E-state index >= 15 is 0 Å². The average Bonchev–Trinajstić information content (AvgIpc) is 3.03. The van der Waals surface area contributed by atoms with Gasteiger partial charge in [0, 0.05) is 10.9 Å². The van der Waals surface area contributed by atoms with E-state index in [0.717, 1.165) is 42.5 Å². The van der Waals surface area contributed by atoms with Gasteiger partial charge in [-0.05, 0) is 69.4 Å². The lowest BCUT2D eigenvalue weighted by atomic mass is 9.87. The molecular weight excluding hydrogens is 382 g/mol. The van der Waals surface area contributed by atoms with Crippen molar-refractivity contribution in [2.75, 3.05) is 12.4 Å². The van der Waals surface area contributed by atoms with Gasteiger partial charge in [-0.1, -0.05) is 6.92 Å². The number of fused-ring (bicyclic) bond motifs is 1. The number of imidazole rings is 1. The van der Waals surface area contributed by atoms with Crippen molar-refractivity contribution in [2.45, 2.75) is 62.6 Å². The molecule has 6 nitrogen and oxygen atoms in total. The molecule has 0 spiro atoms. The third-order valence-corrected chi connectivity index (χ3v) is 7.78. The minimum Gasteiger partial charge on any atom is -0.465 e. The van der Waals surface area contributed by atoms with Crippen LogP contribution in [0.4, 0.5) is 0 Å². The van der Waals surface area contributed by atoms with Crippen LogP contribution in [0.25, 0.3) is 11.0 Å². The first-order valence-electron chi connectivity index (χ1n) is 9.64. The van der Waals surface area contributed by atoms with Crippen molar-refractivity contribution in [1.82, 2.24) is 14.7 Å². The normalized spacial score (nSPS) is 21.0. The van der Waals surface area contributed by atoms with E-state index in [-0.39, 0.29) is 11.3 Å². The predicted octanol–water partition coefficient (Wildman–Crippen LogP) is 3.94. The number of H-pyrrole nitrogens is 1. The topological polar surface area (TPSA) is 84.1 Å². The number of hydrogen-bond donors (Lipinski definition) is 2. The van der Waals surface area contributed by atoms with Crippen molar-refractivity contribution in [2.24, 2.45) is 5.92 Å². The first-order valence-corrected chi connectivity index (χ1v) is 12.2. The quantitative estimate of drug-likeness (QED) is 0.643. The van der Waals surface area contributed by atoms with Crippen LogP contribution >= 0.6 is 11.8 Å². The molecule has 0 bridgehead atoms. The van der Waals surface area contributed by atoms with E-state index in [4.69, 9.17) is 4.74 Å². The monoisotopic (exact) mass is 411 g/mol. The number of nitrogens with zero attached hydrogens (tertiary/aromatic N) is 1. The predicted molar refractivity (Wildman–Crippen MR) is 111 cm³/mol. The molecule has 27 heavy (non-hydrogen) atoms. The molecule has 0 saturated heterocycles. The standard InChI is InChI=1S/C19H29N3O3S2/c1-4-26-16-9-10-17-18(11-16)21-19(20-17)25-12-14-5-7-15(8-6-14)22-27(23,24)13(2)3/h9-11,13-15,22H,4-8,12H2,1-3H3,(H,20,21). The first-order chi connectivity index (χ1) is 12.9. The molecule has 1 aliphatic carbocycles. The number of sulfonamides is 1. The number of nitrogens with one attached hydrogen (secondary N) is 2. The van der Waals surface area contributed by atoms with Crippen LogP contribution < -0.4 is 9.46 Å². The summed E-state index contributed by atoms with van der Waals surface area (Å²) in [6.45, 7) is 6.16. The zero-order chi connectivity index (χ0) is 19.4. The lowest BCUT2D eigenvalue weighted by Gasteiger charge is -2.29. The van der Waals surface area contributed by atoms with Crippen LogP contribution in [0, 0.1) is 5.92 Å². The molecule has 0 atom stereocenters. The summed E-state index contributed by atoms with van der Waals surface area (Å²) in [6, 6.07) is 6.82. The maximum absolute atomic E-state index is 12.0. The van der Waals surface area contributed by atoms with E-state index in [1.807, 2.05) is 6.07 Å². The van der Waals surface area contributed by atoms with Gasteiger partial charge in [0.05, 0.1) is 22.9 Å². The van der Waals surface area contributed by atoms with Crippen LogP contribution in [-0.2, 0) is 10.0 Å². The Balaban J connectivity index is 1.49. The minimum absolute atomic E-state index is 0.0503. The van der Waals surface area contributed by atoms with Crippen molar-refractivity contribution in [3.63, 3.8) is 0 Å². The highest BCUT2D eigenvalue weighted by Crippen LogP contribution is 2.27. The Morgan fingerprint density at radius 1 is 1.30 bits per heavy atom. The number of rotatable bonds is 8. The maximum Gasteiger partial charge on any atom is 0.294 e. The minimum atomic E-state index is -3.19. The third kappa shape index (κ3) is 5.39. The molecule has 2 N–H and O–H groups in total. The summed E-state index contributed by atoms with van der Waals surface area (Å²) in [6.07, 6.45) is 3.64. The highest BCUT2D eigenvalue weighted by atomic mass is 32.2. The second kappa shape index (κ2) is 8.84. The highest BCUT2D eigenvalue weighted by molar-refractivity contribution is 7.99. The van der Waals surface area contributed by atoms with Gasteiger partial charge in [-0.2, -0.15) is 4.98 Å². The van der Waals surface area contributed by atoms with Gasteiger partial charge < -0.3 is 9.72 Å². The molecule has 150 valence electrons. The Bertz CT molecular complexity index is 856. The summed E-state index contributed by atoms with van der Waals surface area (Å²) in [4.78, 5) is 8.97. The zero-order valence-electron chi connectivity index (χ0n) is 16.2. The molecule has 0 amide bonds. The number of hydrogen-bond acceptors (Lipinski definition) is 5. The Morgan fingerprint density at radius 3 is 2.70 bits per heavy atom. The van der Waals surface area contributed by atoms with Crippen molar-refractivity contribution in [3.05, 3.63) is 18.2 Å². The SMILES string of the molecule is CCSc1ccc2nc(OCC3CCC(NS(=O)(=O)C(C)C)CC3)[nH]c2c1. The molecule has 1 saturated carbocycles. The summed E-state index contributed by atoms with van der Waals surface area (Å²) in [7, 11) is -3.19. The zero-order valence-corrected chi connectivity index (χ0v) is 17.8. The maximum atomic E-state index is 12.0. The second-order valence-corrected chi connectivity index (χ2v) is 11.0. The molecule has 8 heteroatoms. The van der Waals surface area contributed by atoms with Gasteiger partial charge >= 0.3 is 0 Å². The second-order valence-electron chi connectivity index (χ2n) is 7.39. The van der Waals surface area contributed by atoms with Gasteiger partial charge in [0.1, 0.15) is 0 Å². The van der Waals surface area contributed by atoms with Gasteiger partial charge in [-0.15, -0.1) is 11.8 Å². The molecule has 2 aromatic rings. The van der Waals surface area contributed by atoms with Crippen LogP contribution in [0.2, 0.25) is 0 Å². The molecule has 3 rings (SSSR count). The van der Waals surface area contributed by atoms with Crippen LogP contribution in [0.1, 0.15) is 46.5 Å². The molecule has 1 aliphatic rings. The number of benzene rings is 1. The molecule has 0 unspecified atom stereocenters. The van der Waals surface area contributed by atoms with E-state index in [1.54, 1.807) is 25.6 Å². The molecule has 0 radical (unpaired) electrons. The molecule has 1 aromatic carbocycles. The van der Waals surface area contributed by atoms with Crippen LogP contribution in [0.5, 0.6) is 6.01 Å². The number of aromatic nitrogens is 2. The number of thioether (sulfide) groups is 1. The fourth-order valence-corrected chi connectivity index (χ4v) is 4.97. The lowest BCUT2D eigenvalue weighted by molar-refractivity contribution is 0.188. The molecule has 1 aromatic heterocycles. The van der Waals surface area contributed by atoms with Gasteiger partial charge in [-0.25, -0.2) is 13.1 Å². The Kier molecular flexibility index (Phi) is 6.70. The van der Waals surface area contributed by atoms with Crippen LogP contribution in [0.3, 0.4) is 0 Å². The molecule has 0 aliphatic heterocycles. The van der Waals surface area contributed by atoms with E-state index in [1.165, 1.54) is 4.90 Å². The van der Waals surface area contributed by atoms with E-state index in [0.29, 0.717) is 18.5 Å². The fraction of sp³-hybridized carbons (Fsp3) is 0.632. The Morgan fingerprint density at radius 2 is 2.04 bits per heavy atom. The molecular formula is C19H29N3O3S2. The summed E-state index contributed by atoms with van der Waals surface area (Å²) in [5.41, 5.74) is 1.91. The van der Waals surface area contributed by atoms with E-state index in [9.17, 15) is 8.42 Å². The summed E-state index contributed by atoms with van der Waals surface area (Å²) in [5, 5.41) is -0.386. The van der Waals surface area contributed by atoms with Crippen molar-refractivity contribution < 1.29 is 13.2 Å². The Hall–Kier alpha value is -1.25. The highest BCUT2D eigenvalue weighted by Gasteiger charge is 2.26. The largest absolute Gasteiger partial charge is 0.465 e. The van der Waals surface area contributed by atoms with Gasteiger partial charge in [0.15, 0.2) is 0 Å². The van der Waals surface area contributed by atoms with Crippen LogP contribution in [0.15, 0.2) is 23.1 Å². The average molecular weight is 412 g/mol. The van der Waals surface area contributed by atoms with Crippen molar-refractivity contribution in [1.29, 1.82) is 0 Å². The van der Waals surface area contributed by atoms with Crippen molar-refractivity contribution in [3.8, 4) is 6.01 Å². The Labute approximate surface area is 165 Å². The van der Waals surface area contributed by atoms with Crippen molar-refractivity contribution >= 4 is 32.8 Å². The number of ether oxygens (including phenoxy) is 1. The van der Waals surface area contributed by atoms with Gasteiger partial charge in [0.25, 0.3) is 6.01 Å². The van der Waals surface area contributed by atoms with Gasteiger partial charge in [-0.3, -0.25) is 0 Å². The molecule has 1 fully saturated rings. The third-order valence-electron chi connectivity index (χ3n) is 5.00. The van der Waals surface area contributed by atoms with E-state index < -0.39 is 10.0 Å².